The highest BCUT2D eigenvalue weighted by Crippen LogP contribution is 2.13. The first-order chi connectivity index (χ1) is 8.51. The fourth-order valence-electron chi connectivity index (χ4n) is 1.29. The second-order valence-corrected chi connectivity index (χ2v) is 7.25. The molecule has 1 aromatic rings. The maximum Gasteiger partial charge on any atom is 0.148 e. The van der Waals surface area contributed by atoms with E-state index in [1.807, 2.05) is 24.3 Å². The normalized spacial score (nSPS) is 10.8. The summed E-state index contributed by atoms with van der Waals surface area (Å²) in [6.07, 6.45) is 1.26. The molecule has 0 bridgehead atoms. The molecule has 1 rings (SSSR count). The van der Waals surface area contributed by atoms with Crippen molar-refractivity contribution >= 4 is 21.6 Å². The minimum atomic E-state index is -2.86. The Morgan fingerprint density at radius 1 is 1.39 bits per heavy atom. The zero-order valence-electron chi connectivity index (χ0n) is 10.3. The smallest absolute Gasteiger partial charge is 0.148 e. The predicted octanol–water partition coefficient (Wildman–Crippen LogP) is 1.27. The first-order valence-electron chi connectivity index (χ1n) is 5.54. The summed E-state index contributed by atoms with van der Waals surface area (Å²) in [6.45, 7) is 0.355. The third-order valence-electron chi connectivity index (χ3n) is 2.13. The van der Waals surface area contributed by atoms with E-state index in [0.717, 1.165) is 16.9 Å². The molecule has 0 radical (unpaired) electrons. The number of hydrogen-bond donors (Lipinski definition) is 1. The quantitative estimate of drug-likeness (QED) is 0.653. The van der Waals surface area contributed by atoms with Crippen molar-refractivity contribution in [2.45, 2.75) is 5.75 Å². The van der Waals surface area contributed by atoms with E-state index in [1.165, 1.54) is 6.26 Å². The molecule has 98 valence electrons. The van der Waals surface area contributed by atoms with E-state index in [-0.39, 0.29) is 5.75 Å². The molecule has 0 saturated carbocycles. The van der Waals surface area contributed by atoms with Gasteiger partial charge < -0.3 is 5.73 Å². The molecule has 0 aliphatic heterocycles. The Morgan fingerprint density at radius 2 is 2.17 bits per heavy atom. The molecular formula is C13H17NO2S2. The van der Waals surface area contributed by atoms with Crippen molar-refractivity contribution < 1.29 is 8.42 Å². The lowest BCUT2D eigenvalue weighted by Crippen LogP contribution is -2.05. The van der Waals surface area contributed by atoms with E-state index in [9.17, 15) is 8.42 Å². The zero-order chi connectivity index (χ0) is 13.4. The molecule has 0 spiro atoms. The molecule has 18 heavy (non-hydrogen) atoms. The minimum absolute atomic E-state index is 0.227. The highest BCUT2D eigenvalue weighted by atomic mass is 32.2. The van der Waals surface area contributed by atoms with E-state index in [2.05, 4.69) is 11.8 Å². The van der Waals surface area contributed by atoms with Crippen LogP contribution in [0.4, 0.5) is 0 Å². The molecule has 0 amide bonds. The number of benzene rings is 1. The van der Waals surface area contributed by atoms with Crippen molar-refractivity contribution in [2.24, 2.45) is 5.73 Å². The Balaban J connectivity index is 2.48. The fraction of sp³-hybridized carbons (Fsp3) is 0.385. The Kier molecular flexibility index (Phi) is 6.27. The van der Waals surface area contributed by atoms with Gasteiger partial charge in [0.15, 0.2) is 0 Å². The average molecular weight is 283 g/mol. The molecule has 0 fully saturated rings. The Morgan fingerprint density at radius 3 is 2.83 bits per heavy atom. The van der Waals surface area contributed by atoms with Crippen molar-refractivity contribution in [1.29, 1.82) is 0 Å². The Labute approximate surface area is 113 Å². The van der Waals surface area contributed by atoms with Crippen LogP contribution in [0.15, 0.2) is 24.3 Å². The second kappa shape index (κ2) is 7.47. The van der Waals surface area contributed by atoms with Crippen molar-refractivity contribution in [3.05, 3.63) is 35.4 Å². The van der Waals surface area contributed by atoms with Gasteiger partial charge in [0.25, 0.3) is 0 Å². The monoisotopic (exact) mass is 283 g/mol. The standard InChI is InChI=1S/C13H17NO2S2/c1-18(15,16)9-8-17-11-13-5-2-4-12(10-13)6-3-7-14/h2,4-5,10H,7-9,11,14H2,1H3. The summed E-state index contributed by atoms with van der Waals surface area (Å²) in [7, 11) is -2.86. The maximum atomic E-state index is 11.0. The van der Waals surface area contributed by atoms with Crippen LogP contribution >= 0.6 is 11.8 Å². The van der Waals surface area contributed by atoms with Gasteiger partial charge >= 0.3 is 0 Å². The van der Waals surface area contributed by atoms with Crippen LogP contribution in [-0.2, 0) is 15.6 Å². The SMILES string of the molecule is CS(=O)(=O)CCSCc1cccc(C#CCN)c1. The van der Waals surface area contributed by atoms with Gasteiger partial charge in [-0.05, 0) is 17.7 Å². The van der Waals surface area contributed by atoms with Crippen LogP contribution in [0.3, 0.4) is 0 Å². The van der Waals surface area contributed by atoms with Crippen LogP contribution in [0.1, 0.15) is 11.1 Å². The zero-order valence-corrected chi connectivity index (χ0v) is 12.0. The molecule has 0 heterocycles. The van der Waals surface area contributed by atoms with Crippen LogP contribution in [0.25, 0.3) is 0 Å². The van der Waals surface area contributed by atoms with Crippen LogP contribution < -0.4 is 5.73 Å². The van der Waals surface area contributed by atoms with Crippen LogP contribution in [0.2, 0.25) is 0 Å². The third-order valence-corrected chi connectivity index (χ3v) is 4.36. The van der Waals surface area contributed by atoms with Gasteiger partial charge in [0.2, 0.25) is 0 Å². The third kappa shape index (κ3) is 6.70. The largest absolute Gasteiger partial charge is 0.320 e. The number of thioether (sulfide) groups is 1. The van der Waals surface area contributed by atoms with Crippen LogP contribution in [0, 0.1) is 11.8 Å². The van der Waals surface area contributed by atoms with Crippen LogP contribution in [-0.4, -0.2) is 32.7 Å². The van der Waals surface area contributed by atoms with Crippen molar-refractivity contribution in [2.75, 3.05) is 24.3 Å². The molecule has 2 N–H and O–H groups in total. The van der Waals surface area contributed by atoms with E-state index >= 15 is 0 Å². The summed E-state index contributed by atoms with van der Waals surface area (Å²) in [5.41, 5.74) is 7.42. The molecule has 0 aromatic heterocycles. The highest BCUT2D eigenvalue weighted by Gasteiger charge is 2.02. The molecule has 0 saturated heterocycles. The van der Waals surface area contributed by atoms with Gasteiger partial charge in [-0.25, -0.2) is 8.42 Å². The Bertz CT molecular complexity index is 542. The van der Waals surface area contributed by atoms with E-state index in [4.69, 9.17) is 5.73 Å². The van der Waals surface area contributed by atoms with Gasteiger partial charge in [-0.1, -0.05) is 24.0 Å². The molecular weight excluding hydrogens is 266 g/mol. The summed E-state index contributed by atoms with van der Waals surface area (Å²) in [5.74, 6) is 7.44. The molecule has 0 atom stereocenters. The molecule has 0 aliphatic rings. The highest BCUT2D eigenvalue weighted by molar-refractivity contribution is 7.99. The topological polar surface area (TPSA) is 60.2 Å². The molecule has 0 unspecified atom stereocenters. The first kappa shape index (κ1) is 15.1. The first-order valence-corrected chi connectivity index (χ1v) is 8.76. The van der Waals surface area contributed by atoms with E-state index < -0.39 is 9.84 Å². The summed E-state index contributed by atoms with van der Waals surface area (Å²) < 4.78 is 21.9. The minimum Gasteiger partial charge on any atom is -0.320 e. The summed E-state index contributed by atoms with van der Waals surface area (Å²) in [6, 6.07) is 7.91. The summed E-state index contributed by atoms with van der Waals surface area (Å²) in [4.78, 5) is 0. The molecule has 0 aliphatic carbocycles. The Hall–Kier alpha value is -0.960. The number of nitrogens with two attached hydrogens (primary N) is 1. The van der Waals surface area contributed by atoms with Crippen molar-refractivity contribution in [1.82, 2.24) is 0 Å². The predicted molar refractivity (Wildman–Crippen MR) is 78.2 cm³/mol. The van der Waals surface area contributed by atoms with Gasteiger partial charge in [-0.15, -0.1) is 0 Å². The van der Waals surface area contributed by atoms with Crippen molar-refractivity contribution in [3.8, 4) is 11.8 Å². The van der Waals surface area contributed by atoms with Gasteiger partial charge in [0.1, 0.15) is 9.84 Å². The summed E-state index contributed by atoms with van der Waals surface area (Å²) >= 11 is 1.61. The maximum absolute atomic E-state index is 11.0. The van der Waals surface area contributed by atoms with Gasteiger partial charge in [0.05, 0.1) is 12.3 Å². The number of rotatable bonds is 5. The lowest BCUT2D eigenvalue weighted by Gasteiger charge is -2.02. The number of hydrogen-bond acceptors (Lipinski definition) is 4. The second-order valence-electron chi connectivity index (χ2n) is 3.89. The molecule has 1 aromatic carbocycles. The summed E-state index contributed by atoms with van der Waals surface area (Å²) in [5, 5.41) is 0. The van der Waals surface area contributed by atoms with E-state index in [1.54, 1.807) is 11.8 Å². The van der Waals surface area contributed by atoms with Gasteiger partial charge in [-0.3, -0.25) is 0 Å². The number of sulfone groups is 1. The van der Waals surface area contributed by atoms with Crippen LogP contribution in [0.5, 0.6) is 0 Å². The lowest BCUT2D eigenvalue weighted by atomic mass is 10.1. The molecule has 3 nitrogen and oxygen atoms in total. The van der Waals surface area contributed by atoms with Gasteiger partial charge in [0, 0.05) is 23.3 Å². The molecule has 5 heteroatoms. The fourth-order valence-corrected chi connectivity index (χ4v) is 3.53. The van der Waals surface area contributed by atoms with Crippen molar-refractivity contribution in [3.63, 3.8) is 0 Å². The average Bonchev–Trinajstić information content (AvgIpc) is 2.31. The lowest BCUT2D eigenvalue weighted by molar-refractivity contribution is 0.603. The van der Waals surface area contributed by atoms with E-state index in [0.29, 0.717) is 12.3 Å². The van der Waals surface area contributed by atoms with Gasteiger partial charge in [-0.2, -0.15) is 11.8 Å².